The Bertz CT molecular complexity index is 953. The van der Waals surface area contributed by atoms with Gasteiger partial charge in [0, 0.05) is 25.2 Å². The van der Waals surface area contributed by atoms with Crippen molar-refractivity contribution in [1.29, 1.82) is 0 Å². The first-order chi connectivity index (χ1) is 15.7. The van der Waals surface area contributed by atoms with E-state index in [-0.39, 0.29) is 31.4 Å². The number of nitrogens with one attached hydrogen (secondary N) is 3. The zero-order valence-corrected chi connectivity index (χ0v) is 19.7. The number of para-hydroxylation sites is 1. The average Bonchev–Trinajstić information content (AvgIpc) is 2.75. The van der Waals surface area contributed by atoms with E-state index >= 15 is 0 Å². The van der Waals surface area contributed by atoms with Crippen LogP contribution in [0.3, 0.4) is 0 Å². The quantitative estimate of drug-likeness (QED) is 0.505. The van der Waals surface area contributed by atoms with Crippen LogP contribution < -0.4 is 20.7 Å². The Morgan fingerprint density at radius 1 is 0.939 bits per heavy atom. The summed E-state index contributed by atoms with van der Waals surface area (Å²) in [4.78, 5) is 35.9. The van der Waals surface area contributed by atoms with E-state index in [4.69, 9.17) is 9.47 Å². The van der Waals surface area contributed by atoms with E-state index in [1.165, 1.54) is 0 Å². The lowest BCUT2D eigenvalue weighted by Crippen LogP contribution is -2.35. The van der Waals surface area contributed by atoms with Crippen molar-refractivity contribution in [2.45, 2.75) is 52.7 Å². The van der Waals surface area contributed by atoms with Gasteiger partial charge in [-0.1, -0.05) is 37.3 Å². The van der Waals surface area contributed by atoms with Gasteiger partial charge in [-0.15, -0.1) is 0 Å². The number of carbonyl (C=O) groups excluding carboxylic acids is 3. The van der Waals surface area contributed by atoms with Crippen molar-refractivity contribution in [3.63, 3.8) is 0 Å². The summed E-state index contributed by atoms with van der Waals surface area (Å²) in [7, 11) is 0. The van der Waals surface area contributed by atoms with Crippen molar-refractivity contribution in [1.82, 2.24) is 10.6 Å². The lowest BCUT2D eigenvalue weighted by molar-refractivity contribution is -0.121. The van der Waals surface area contributed by atoms with E-state index in [1.807, 2.05) is 37.3 Å². The maximum atomic E-state index is 12.3. The van der Waals surface area contributed by atoms with Crippen molar-refractivity contribution in [3.8, 4) is 5.75 Å². The molecule has 3 N–H and O–H groups in total. The number of alkyl carbamates (subject to hydrolysis) is 1. The minimum absolute atomic E-state index is 0.0946. The highest BCUT2D eigenvalue weighted by molar-refractivity contribution is 5.92. The van der Waals surface area contributed by atoms with Crippen molar-refractivity contribution in [2.24, 2.45) is 0 Å². The zero-order chi connectivity index (χ0) is 24.3. The molecule has 3 amide bonds. The second kappa shape index (κ2) is 12.5. The number of aryl methyl sites for hydroxylation is 1. The standard InChI is InChI=1S/C25H33N3O5/c1-5-19-10-6-7-12-21(19)32-17-23(30)28-20-11-8-9-18(15-20)16-27-22(29)13-14-26-24(31)33-25(2,3)4/h6-12,15H,5,13-14,16-17H2,1-4H3,(H,26,31)(H,27,29)(H,28,30). The highest BCUT2D eigenvalue weighted by Gasteiger charge is 2.16. The van der Waals surface area contributed by atoms with Crippen LogP contribution in [0.1, 0.15) is 45.2 Å². The van der Waals surface area contributed by atoms with Crippen molar-refractivity contribution in [2.75, 3.05) is 18.5 Å². The number of benzene rings is 2. The van der Waals surface area contributed by atoms with Crippen LogP contribution in [0.4, 0.5) is 10.5 Å². The van der Waals surface area contributed by atoms with Gasteiger partial charge in [-0.2, -0.15) is 0 Å². The molecule has 0 heterocycles. The van der Waals surface area contributed by atoms with E-state index in [2.05, 4.69) is 16.0 Å². The summed E-state index contributed by atoms with van der Waals surface area (Å²) < 4.78 is 10.8. The van der Waals surface area contributed by atoms with Crippen molar-refractivity contribution < 1.29 is 23.9 Å². The summed E-state index contributed by atoms with van der Waals surface area (Å²) in [6.45, 7) is 7.73. The molecular weight excluding hydrogens is 422 g/mol. The van der Waals surface area contributed by atoms with E-state index in [0.717, 1.165) is 17.5 Å². The molecule has 33 heavy (non-hydrogen) atoms. The molecule has 178 valence electrons. The van der Waals surface area contributed by atoms with Gasteiger partial charge < -0.3 is 25.4 Å². The Labute approximate surface area is 195 Å². The average molecular weight is 456 g/mol. The number of ether oxygens (including phenoxy) is 2. The normalized spacial score (nSPS) is 10.8. The first-order valence-electron chi connectivity index (χ1n) is 11.0. The fraction of sp³-hybridized carbons (Fsp3) is 0.400. The van der Waals surface area contributed by atoms with Crippen LogP contribution in [0, 0.1) is 0 Å². The maximum absolute atomic E-state index is 12.3. The smallest absolute Gasteiger partial charge is 0.407 e. The fourth-order valence-electron chi connectivity index (χ4n) is 2.92. The number of hydrogen-bond donors (Lipinski definition) is 3. The molecule has 8 heteroatoms. The minimum Gasteiger partial charge on any atom is -0.483 e. The Morgan fingerprint density at radius 2 is 1.70 bits per heavy atom. The number of rotatable bonds is 10. The van der Waals surface area contributed by atoms with Gasteiger partial charge in [0.15, 0.2) is 6.61 Å². The first-order valence-corrected chi connectivity index (χ1v) is 11.0. The summed E-state index contributed by atoms with van der Waals surface area (Å²) >= 11 is 0. The maximum Gasteiger partial charge on any atom is 0.407 e. The third-order valence-electron chi connectivity index (χ3n) is 4.43. The largest absolute Gasteiger partial charge is 0.483 e. The van der Waals surface area contributed by atoms with Gasteiger partial charge >= 0.3 is 6.09 Å². The predicted octanol–water partition coefficient (Wildman–Crippen LogP) is 3.80. The summed E-state index contributed by atoms with van der Waals surface area (Å²) in [5.74, 6) is 0.228. The molecule has 0 bridgehead atoms. The molecule has 0 saturated carbocycles. The number of hydrogen-bond acceptors (Lipinski definition) is 5. The second-order valence-corrected chi connectivity index (χ2v) is 8.45. The van der Waals surface area contributed by atoms with Gasteiger partial charge in [0.25, 0.3) is 5.91 Å². The molecule has 0 fully saturated rings. The highest BCUT2D eigenvalue weighted by Crippen LogP contribution is 2.18. The third kappa shape index (κ3) is 10.1. The monoisotopic (exact) mass is 455 g/mol. The predicted molar refractivity (Wildman–Crippen MR) is 127 cm³/mol. The molecular formula is C25H33N3O5. The van der Waals surface area contributed by atoms with Crippen LogP contribution in [0.5, 0.6) is 5.75 Å². The van der Waals surface area contributed by atoms with Gasteiger partial charge in [-0.25, -0.2) is 4.79 Å². The molecule has 0 aromatic heterocycles. The molecule has 0 radical (unpaired) electrons. The van der Waals surface area contributed by atoms with Crippen LogP contribution in [0.15, 0.2) is 48.5 Å². The van der Waals surface area contributed by atoms with Crippen LogP contribution in [-0.2, 0) is 27.3 Å². The second-order valence-electron chi connectivity index (χ2n) is 8.45. The van der Waals surface area contributed by atoms with Crippen LogP contribution >= 0.6 is 0 Å². The number of anilines is 1. The lowest BCUT2D eigenvalue weighted by atomic mass is 10.1. The molecule has 0 spiro atoms. The molecule has 0 saturated heterocycles. The molecule has 0 aliphatic carbocycles. The summed E-state index contributed by atoms with van der Waals surface area (Å²) in [6.07, 6.45) is 0.399. The molecule has 2 aromatic carbocycles. The summed E-state index contributed by atoms with van der Waals surface area (Å²) in [5, 5.41) is 8.15. The van der Waals surface area contributed by atoms with Gasteiger partial charge in [0.2, 0.25) is 5.91 Å². The highest BCUT2D eigenvalue weighted by atomic mass is 16.6. The third-order valence-corrected chi connectivity index (χ3v) is 4.43. The Kier molecular flexibility index (Phi) is 9.72. The van der Waals surface area contributed by atoms with Crippen LogP contribution in [-0.4, -0.2) is 36.7 Å². The van der Waals surface area contributed by atoms with E-state index in [9.17, 15) is 14.4 Å². The SMILES string of the molecule is CCc1ccccc1OCC(=O)Nc1cccc(CNC(=O)CCNC(=O)OC(C)(C)C)c1. The van der Waals surface area contributed by atoms with Gasteiger partial charge in [0.1, 0.15) is 11.4 Å². The summed E-state index contributed by atoms with van der Waals surface area (Å²) in [6, 6.07) is 14.8. The minimum atomic E-state index is -0.584. The van der Waals surface area contributed by atoms with Crippen LogP contribution in [0.2, 0.25) is 0 Å². The number of carbonyl (C=O) groups is 3. The topological polar surface area (TPSA) is 106 Å². The van der Waals surface area contributed by atoms with Crippen molar-refractivity contribution in [3.05, 3.63) is 59.7 Å². The molecule has 0 aliphatic rings. The molecule has 8 nitrogen and oxygen atoms in total. The Hall–Kier alpha value is -3.55. The Balaban J connectivity index is 1.74. The van der Waals surface area contributed by atoms with E-state index in [0.29, 0.717) is 18.0 Å². The first kappa shape index (κ1) is 25.7. The summed E-state index contributed by atoms with van der Waals surface area (Å²) in [5.41, 5.74) is 1.91. The fourth-order valence-corrected chi connectivity index (χ4v) is 2.92. The lowest BCUT2D eigenvalue weighted by Gasteiger charge is -2.19. The van der Waals surface area contributed by atoms with Crippen molar-refractivity contribution >= 4 is 23.6 Å². The van der Waals surface area contributed by atoms with Gasteiger partial charge in [0.05, 0.1) is 0 Å². The van der Waals surface area contributed by atoms with E-state index < -0.39 is 11.7 Å². The molecule has 2 rings (SSSR count). The van der Waals surface area contributed by atoms with E-state index in [1.54, 1.807) is 39.0 Å². The Morgan fingerprint density at radius 3 is 2.42 bits per heavy atom. The molecule has 0 unspecified atom stereocenters. The van der Waals surface area contributed by atoms with Gasteiger partial charge in [-0.05, 0) is 56.5 Å². The molecule has 0 aliphatic heterocycles. The number of amides is 3. The molecule has 2 aromatic rings. The van der Waals surface area contributed by atoms with Crippen LogP contribution in [0.25, 0.3) is 0 Å². The van der Waals surface area contributed by atoms with Gasteiger partial charge in [-0.3, -0.25) is 9.59 Å². The molecule has 0 atom stereocenters. The zero-order valence-electron chi connectivity index (χ0n) is 19.7.